The molecule has 0 fully saturated rings. The third-order valence-corrected chi connectivity index (χ3v) is 2.60. The molecule has 0 saturated carbocycles. The van der Waals surface area contributed by atoms with Crippen LogP contribution < -0.4 is 0 Å². The molecule has 0 N–H and O–H groups in total. The standard InChI is InChI=1S/C17H14O/c18-14-17(16-11-5-2-6-12-16)13-7-10-15-8-3-1-4-9-15/h1-14H. The van der Waals surface area contributed by atoms with E-state index in [-0.39, 0.29) is 0 Å². The summed E-state index contributed by atoms with van der Waals surface area (Å²) in [6.45, 7) is 0. The van der Waals surface area contributed by atoms with Crippen molar-refractivity contribution in [1.82, 2.24) is 0 Å². The molecule has 0 bridgehead atoms. The number of allylic oxidation sites excluding steroid dienone is 3. The molecule has 0 aliphatic carbocycles. The van der Waals surface area contributed by atoms with Gasteiger partial charge in [0.2, 0.25) is 0 Å². The molecule has 0 aromatic heterocycles. The Morgan fingerprint density at radius 2 is 1.44 bits per heavy atom. The quantitative estimate of drug-likeness (QED) is 0.444. The van der Waals surface area contributed by atoms with Crippen molar-refractivity contribution in [2.24, 2.45) is 0 Å². The van der Waals surface area contributed by atoms with Crippen molar-refractivity contribution in [2.75, 3.05) is 0 Å². The molecule has 0 amide bonds. The summed E-state index contributed by atoms with van der Waals surface area (Å²) < 4.78 is 0. The highest BCUT2D eigenvalue weighted by atomic mass is 16.1. The summed E-state index contributed by atoms with van der Waals surface area (Å²) in [6.07, 6.45) is 6.58. The topological polar surface area (TPSA) is 17.1 Å². The predicted molar refractivity (Wildman–Crippen MR) is 76.0 cm³/mol. The minimum atomic E-state index is 0.683. The predicted octanol–water partition coefficient (Wildman–Crippen LogP) is 3.98. The zero-order chi connectivity index (χ0) is 12.6. The SMILES string of the molecule is O=CC(=CC=Cc1ccccc1)c1ccccc1. The first-order valence-corrected chi connectivity index (χ1v) is 5.84. The fourth-order valence-corrected chi connectivity index (χ4v) is 1.66. The number of aldehydes is 1. The number of hydrogen-bond acceptors (Lipinski definition) is 1. The summed E-state index contributed by atoms with van der Waals surface area (Å²) in [5.74, 6) is 0. The Morgan fingerprint density at radius 1 is 0.833 bits per heavy atom. The van der Waals surface area contributed by atoms with E-state index in [0.29, 0.717) is 5.57 Å². The molecule has 0 spiro atoms. The van der Waals surface area contributed by atoms with Gasteiger partial charge in [-0.2, -0.15) is 0 Å². The normalized spacial score (nSPS) is 11.7. The number of carbonyl (C=O) groups is 1. The molecular formula is C17H14O. The van der Waals surface area contributed by atoms with Gasteiger partial charge in [-0.1, -0.05) is 78.9 Å². The van der Waals surface area contributed by atoms with Gasteiger partial charge < -0.3 is 0 Å². The van der Waals surface area contributed by atoms with Gasteiger partial charge in [-0.15, -0.1) is 0 Å². The van der Waals surface area contributed by atoms with Crippen LogP contribution in [-0.4, -0.2) is 6.29 Å². The van der Waals surface area contributed by atoms with Crippen LogP contribution in [0.2, 0.25) is 0 Å². The maximum Gasteiger partial charge on any atom is 0.150 e. The van der Waals surface area contributed by atoms with Gasteiger partial charge in [-0.05, 0) is 11.1 Å². The van der Waals surface area contributed by atoms with Crippen LogP contribution in [-0.2, 0) is 4.79 Å². The van der Waals surface area contributed by atoms with Crippen LogP contribution in [0, 0.1) is 0 Å². The summed E-state index contributed by atoms with van der Waals surface area (Å²) in [5, 5.41) is 0. The zero-order valence-electron chi connectivity index (χ0n) is 9.99. The van der Waals surface area contributed by atoms with Gasteiger partial charge >= 0.3 is 0 Å². The zero-order valence-corrected chi connectivity index (χ0v) is 9.99. The smallest absolute Gasteiger partial charge is 0.150 e. The number of benzene rings is 2. The van der Waals surface area contributed by atoms with Crippen molar-refractivity contribution in [2.45, 2.75) is 0 Å². The van der Waals surface area contributed by atoms with Crippen molar-refractivity contribution < 1.29 is 4.79 Å². The number of rotatable bonds is 4. The summed E-state index contributed by atoms with van der Waals surface area (Å²) in [5.41, 5.74) is 2.74. The van der Waals surface area contributed by atoms with Crippen LogP contribution in [0.1, 0.15) is 11.1 Å². The van der Waals surface area contributed by atoms with E-state index >= 15 is 0 Å². The Bertz CT molecular complexity index is 551. The van der Waals surface area contributed by atoms with Crippen molar-refractivity contribution in [3.05, 3.63) is 83.9 Å². The van der Waals surface area contributed by atoms with Crippen molar-refractivity contribution in [1.29, 1.82) is 0 Å². The fraction of sp³-hybridized carbons (Fsp3) is 0. The molecule has 2 aromatic rings. The largest absolute Gasteiger partial charge is 0.298 e. The number of hydrogen-bond donors (Lipinski definition) is 0. The van der Waals surface area contributed by atoms with Gasteiger partial charge in [0.15, 0.2) is 6.29 Å². The highest BCUT2D eigenvalue weighted by Crippen LogP contribution is 2.12. The van der Waals surface area contributed by atoms with Crippen LogP contribution in [0.4, 0.5) is 0 Å². The second-order valence-corrected chi connectivity index (χ2v) is 3.88. The van der Waals surface area contributed by atoms with Crippen molar-refractivity contribution in [3.63, 3.8) is 0 Å². The monoisotopic (exact) mass is 234 g/mol. The molecule has 0 atom stereocenters. The van der Waals surface area contributed by atoms with E-state index in [1.165, 1.54) is 0 Å². The van der Waals surface area contributed by atoms with Gasteiger partial charge in [0.25, 0.3) is 0 Å². The first-order chi connectivity index (χ1) is 8.90. The van der Waals surface area contributed by atoms with Crippen LogP contribution in [0.5, 0.6) is 0 Å². The minimum Gasteiger partial charge on any atom is -0.298 e. The average molecular weight is 234 g/mol. The molecule has 1 nitrogen and oxygen atoms in total. The van der Waals surface area contributed by atoms with E-state index in [1.807, 2.05) is 78.9 Å². The summed E-state index contributed by atoms with van der Waals surface area (Å²) in [6, 6.07) is 19.6. The molecule has 0 aliphatic heterocycles. The molecule has 0 unspecified atom stereocenters. The van der Waals surface area contributed by atoms with E-state index in [0.717, 1.165) is 17.4 Å². The lowest BCUT2D eigenvalue weighted by atomic mass is 10.1. The second-order valence-electron chi connectivity index (χ2n) is 3.88. The van der Waals surface area contributed by atoms with E-state index in [2.05, 4.69) is 0 Å². The van der Waals surface area contributed by atoms with Crippen LogP contribution in [0.3, 0.4) is 0 Å². The lowest BCUT2D eigenvalue weighted by Gasteiger charge is -1.97. The average Bonchev–Trinajstić information content (AvgIpc) is 2.46. The van der Waals surface area contributed by atoms with Gasteiger partial charge in [-0.3, -0.25) is 4.79 Å². The lowest BCUT2D eigenvalue weighted by Crippen LogP contribution is -1.83. The minimum absolute atomic E-state index is 0.683. The summed E-state index contributed by atoms with van der Waals surface area (Å²) in [7, 11) is 0. The molecule has 88 valence electrons. The highest BCUT2D eigenvalue weighted by Gasteiger charge is 1.96. The van der Waals surface area contributed by atoms with Crippen LogP contribution in [0.25, 0.3) is 11.6 Å². The molecule has 1 heteroatoms. The molecule has 2 rings (SSSR count). The Kier molecular flexibility index (Phi) is 4.26. The van der Waals surface area contributed by atoms with Gasteiger partial charge in [0, 0.05) is 5.57 Å². The molecule has 0 radical (unpaired) electrons. The Hall–Kier alpha value is -2.41. The Balaban J connectivity index is 2.17. The van der Waals surface area contributed by atoms with Gasteiger partial charge in [0.1, 0.15) is 0 Å². The maximum atomic E-state index is 11.0. The van der Waals surface area contributed by atoms with E-state index < -0.39 is 0 Å². The molecule has 2 aromatic carbocycles. The van der Waals surface area contributed by atoms with Crippen molar-refractivity contribution >= 4 is 17.9 Å². The van der Waals surface area contributed by atoms with Crippen LogP contribution >= 0.6 is 0 Å². The third kappa shape index (κ3) is 3.29. The summed E-state index contributed by atoms with van der Waals surface area (Å²) >= 11 is 0. The second kappa shape index (κ2) is 6.36. The van der Waals surface area contributed by atoms with Gasteiger partial charge in [0.05, 0.1) is 0 Å². The molecule has 0 saturated heterocycles. The lowest BCUT2D eigenvalue weighted by molar-refractivity contribution is -0.103. The number of carbonyl (C=O) groups excluding carboxylic acids is 1. The maximum absolute atomic E-state index is 11.0. The van der Waals surface area contributed by atoms with Crippen LogP contribution in [0.15, 0.2) is 72.8 Å². The van der Waals surface area contributed by atoms with E-state index in [9.17, 15) is 4.79 Å². The van der Waals surface area contributed by atoms with E-state index in [4.69, 9.17) is 0 Å². The third-order valence-electron chi connectivity index (χ3n) is 2.60. The summed E-state index contributed by atoms with van der Waals surface area (Å²) in [4.78, 5) is 11.0. The first-order valence-electron chi connectivity index (χ1n) is 5.84. The van der Waals surface area contributed by atoms with Gasteiger partial charge in [-0.25, -0.2) is 0 Å². The molecule has 0 aliphatic rings. The first kappa shape index (κ1) is 12.1. The van der Waals surface area contributed by atoms with Crippen molar-refractivity contribution in [3.8, 4) is 0 Å². The highest BCUT2D eigenvalue weighted by molar-refractivity contribution is 6.07. The molecule has 18 heavy (non-hydrogen) atoms. The Labute approximate surface area is 107 Å². The Morgan fingerprint density at radius 3 is 2.06 bits per heavy atom. The molecular weight excluding hydrogens is 220 g/mol. The molecule has 0 heterocycles. The fourth-order valence-electron chi connectivity index (χ4n) is 1.66. The van der Waals surface area contributed by atoms with E-state index in [1.54, 1.807) is 0 Å².